The van der Waals surface area contributed by atoms with E-state index in [0.29, 0.717) is 5.75 Å². The van der Waals surface area contributed by atoms with E-state index < -0.39 is 18.5 Å². The van der Waals surface area contributed by atoms with Crippen LogP contribution in [-0.4, -0.2) is 30.2 Å². The van der Waals surface area contributed by atoms with Gasteiger partial charge in [0.25, 0.3) is 5.91 Å². The number of rotatable bonds is 6. The Morgan fingerprint density at radius 2 is 1.95 bits per heavy atom. The molecule has 1 aromatic heterocycles. The van der Waals surface area contributed by atoms with E-state index in [1.807, 2.05) is 6.07 Å². The second-order valence-electron chi connectivity index (χ2n) is 3.70. The van der Waals surface area contributed by atoms with Crippen molar-refractivity contribution >= 4 is 17.7 Å². The number of hydrogen-bond acceptors (Lipinski definition) is 6. The summed E-state index contributed by atoms with van der Waals surface area (Å²) in [5.74, 6) is -0.334. The highest BCUT2D eigenvalue weighted by molar-refractivity contribution is 5.91. The van der Waals surface area contributed by atoms with E-state index in [0.717, 1.165) is 0 Å². The second kappa shape index (κ2) is 6.93. The Morgan fingerprint density at radius 3 is 2.65 bits per heavy atom. The number of nitrogens with zero attached hydrogens (tertiary/aromatic N) is 1. The van der Waals surface area contributed by atoms with Crippen LogP contribution in [0, 0.1) is 0 Å². The average Bonchev–Trinajstić information content (AvgIpc) is 2.97. The van der Waals surface area contributed by atoms with Crippen molar-refractivity contribution in [2.24, 2.45) is 0 Å². The number of carbonyl (C=O) groups excluding carboxylic acids is 2. The van der Waals surface area contributed by atoms with Gasteiger partial charge in [0.2, 0.25) is 0 Å². The zero-order chi connectivity index (χ0) is 14.2. The lowest BCUT2D eigenvalue weighted by atomic mass is 10.3. The van der Waals surface area contributed by atoms with Crippen LogP contribution in [0.3, 0.4) is 0 Å². The van der Waals surface area contributed by atoms with Crippen molar-refractivity contribution < 1.29 is 23.6 Å². The number of nitrogens with one attached hydrogen (secondary N) is 1. The first-order chi connectivity index (χ1) is 9.74. The predicted octanol–water partition coefficient (Wildman–Crippen LogP) is 1.24. The molecule has 1 heterocycles. The van der Waals surface area contributed by atoms with Crippen molar-refractivity contribution in [3.63, 3.8) is 0 Å². The van der Waals surface area contributed by atoms with Gasteiger partial charge in [0.15, 0.2) is 19.0 Å². The number of esters is 1. The van der Waals surface area contributed by atoms with Crippen molar-refractivity contribution in [1.82, 2.24) is 5.16 Å². The molecule has 1 aromatic carbocycles. The molecular formula is C13H12N2O5. The molecule has 7 nitrogen and oxygen atoms in total. The van der Waals surface area contributed by atoms with Gasteiger partial charge in [-0.15, -0.1) is 0 Å². The van der Waals surface area contributed by atoms with Gasteiger partial charge in [-0.3, -0.25) is 4.79 Å². The predicted molar refractivity (Wildman–Crippen MR) is 68.0 cm³/mol. The van der Waals surface area contributed by atoms with Crippen molar-refractivity contribution in [2.45, 2.75) is 0 Å². The van der Waals surface area contributed by atoms with Gasteiger partial charge >= 0.3 is 5.97 Å². The third kappa shape index (κ3) is 4.45. The largest absolute Gasteiger partial charge is 0.482 e. The van der Waals surface area contributed by atoms with Crippen LogP contribution in [0.2, 0.25) is 0 Å². The first-order valence-electron chi connectivity index (χ1n) is 5.78. The molecule has 0 saturated heterocycles. The molecule has 1 N–H and O–H groups in total. The van der Waals surface area contributed by atoms with Crippen LogP contribution in [-0.2, 0) is 14.3 Å². The fraction of sp³-hybridized carbons (Fsp3) is 0.154. The minimum atomic E-state index is -0.635. The van der Waals surface area contributed by atoms with E-state index in [9.17, 15) is 9.59 Å². The van der Waals surface area contributed by atoms with E-state index in [2.05, 4.69) is 15.0 Å². The number of benzene rings is 1. The Balaban J connectivity index is 1.66. The Bertz CT molecular complexity index is 553. The fourth-order valence-corrected chi connectivity index (χ4v) is 1.30. The summed E-state index contributed by atoms with van der Waals surface area (Å²) in [5, 5.41) is 5.88. The van der Waals surface area contributed by atoms with Crippen LogP contribution in [0.4, 0.5) is 5.82 Å². The van der Waals surface area contributed by atoms with E-state index in [1.165, 1.54) is 12.3 Å². The van der Waals surface area contributed by atoms with E-state index >= 15 is 0 Å². The maximum atomic E-state index is 11.4. The fourth-order valence-electron chi connectivity index (χ4n) is 1.30. The molecule has 1 amide bonds. The number of hydrogen-bond donors (Lipinski definition) is 1. The van der Waals surface area contributed by atoms with Crippen LogP contribution in [0.5, 0.6) is 5.75 Å². The summed E-state index contributed by atoms with van der Waals surface area (Å²) < 4.78 is 14.4. The second-order valence-corrected chi connectivity index (χ2v) is 3.70. The summed E-state index contributed by atoms with van der Waals surface area (Å²) in [6.45, 7) is -0.675. The zero-order valence-electron chi connectivity index (χ0n) is 10.4. The van der Waals surface area contributed by atoms with E-state index in [4.69, 9.17) is 9.47 Å². The van der Waals surface area contributed by atoms with Gasteiger partial charge in [0, 0.05) is 6.07 Å². The van der Waals surface area contributed by atoms with Crippen LogP contribution in [0.25, 0.3) is 0 Å². The molecule has 0 aliphatic carbocycles. The number of carbonyl (C=O) groups is 2. The average molecular weight is 276 g/mol. The molecule has 104 valence electrons. The van der Waals surface area contributed by atoms with Crippen LogP contribution < -0.4 is 10.1 Å². The van der Waals surface area contributed by atoms with Crippen molar-refractivity contribution in [3.8, 4) is 5.75 Å². The first kappa shape index (κ1) is 13.6. The highest BCUT2D eigenvalue weighted by Gasteiger charge is 2.09. The van der Waals surface area contributed by atoms with Crippen LogP contribution in [0.1, 0.15) is 0 Å². The minimum absolute atomic E-state index is 0.256. The summed E-state index contributed by atoms with van der Waals surface area (Å²) in [6, 6.07) is 10.3. The molecule has 0 aliphatic rings. The first-order valence-corrected chi connectivity index (χ1v) is 5.78. The van der Waals surface area contributed by atoms with Gasteiger partial charge in [0.05, 0.1) is 0 Å². The number of anilines is 1. The van der Waals surface area contributed by atoms with Gasteiger partial charge in [-0.25, -0.2) is 4.79 Å². The molecule has 0 bridgehead atoms. The number of ether oxygens (including phenoxy) is 2. The lowest BCUT2D eigenvalue weighted by Crippen LogP contribution is -2.23. The molecule has 2 aromatic rings. The summed E-state index contributed by atoms with van der Waals surface area (Å²) in [5.41, 5.74) is 0. The van der Waals surface area contributed by atoms with Crippen molar-refractivity contribution in [2.75, 3.05) is 18.5 Å². The zero-order valence-corrected chi connectivity index (χ0v) is 10.4. The van der Waals surface area contributed by atoms with Gasteiger partial charge in [-0.1, -0.05) is 23.4 Å². The molecule has 2 rings (SSSR count). The van der Waals surface area contributed by atoms with Crippen LogP contribution >= 0.6 is 0 Å². The lowest BCUT2D eigenvalue weighted by Gasteiger charge is -2.06. The lowest BCUT2D eigenvalue weighted by molar-refractivity contribution is -0.149. The third-order valence-corrected chi connectivity index (χ3v) is 2.17. The monoisotopic (exact) mass is 276 g/mol. The quantitative estimate of drug-likeness (QED) is 0.798. The molecule has 0 saturated carbocycles. The van der Waals surface area contributed by atoms with E-state index in [-0.39, 0.29) is 12.4 Å². The summed E-state index contributed by atoms with van der Waals surface area (Å²) in [6.07, 6.45) is 1.31. The van der Waals surface area contributed by atoms with Gasteiger partial charge in [-0.2, -0.15) is 0 Å². The standard InChI is InChI=1S/C13H12N2O5/c16-12(14-11-6-7-20-15-11)8-19-13(17)9-18-10-4-2-1-3-5-10/h1-7H,8-9H2,(H,14,15,16). The maximum Gasteiger partial charge on any atom is 0.344 e. The SMILES string of the molecule is O=C(COC(=O)COc1ccccc1)Nc1ccon1. The van der Waals surface area contributed by atoms with Crippen LogP contribution in [0.15, 0.2) is 47.2 Å². The summed E-state index contributed by atoms with van der Waals surface area (Å²) >= 11 is 0. The molecule has 20 heavy (non-hydrogen) atoms. The molecule has 0 fully saturated rings. The molecule has 0 aliphatic heterocycles. The molecule has 0 unspecified atom stereocenters. The molecular weight excluding hydrogens is 264 g/mol. The summed E-state index contributed by atoms with van der Waals surface area (Å²) in [7, 11) is 0. The Hall–Kier alpha value is -2.83. The summed E-state index contributed by atoms with van der Waals surface area (Å²) in [4.78, 5) is 22.7. The minimum Gasteiger partial charge on any atom is -0.482 e. The maximum absolute atomic E-state index is 11.4. The third-order valence-electron chi connectivity index (χ3n) is 2.17. The van der Waals surface area contributed by atoms with E-state index in [1.54, 1.807) is 24.3 Å². The number of amides is 1. The Kier molecular flexibility index (Phi) is 4.71. The number of aromatic nitrogens is 1. The topological polar surface area (TPSA) is 90.7 Å². The number of para-hydroxylation sites is 1. The normalized spacial score (nSPS) is 9.80. The highest BCUT2D eigenvalue weighted by Crippen LogP contribution is 2.07. The molecule has 7 heteroatoms. The van der Waals surface area contributed by atoms with Gasteiger partial charge in [0.1, 0.15) is 12.0 Å². The van der Waals surface area contributed by atoms with Gasteiger partial charge < -0.3 is 19.3 Å². The highest BCUT2D eigenvalue weighted by atomic mass is 16.6. The Labute approximate surface area is 114 Å². The molecule has 0 radical (unpaired) electrons. The Morgan fingerprint density at radius 1 is 1.15 bits per heavy atom. The van der Waals surface area contributed by atoms with Crippen molar-refractivity contribution in [1.29, 1.82) is 0 Å². The van der Waals surface area contributed by atoms with Crippen molar-refractivity contribution in [3.05, 3.63) is 42.7 Å². The molecule has 0 spiro atoms. The molecule has 0 atom stereocenters. The van der Waals surface area contributed by atoms with Gasteiger partial charge in [-0.05, 0) is 12.1 Å². The smallest absolute Gasteiger partial charge is 0.344 e.